The standard InChI is InChI=1S/C14H19FN2OS/c1-2-3-8-16-14(18)17-9-10-19-13(17)11-4-6-12(15)7-5-11/h4-7,13H,2-3,8-10H2,1H3,(H,16,18)/t13-/m1/s1. The number of hydrogen-bond acceptors (Lipinski definition) is 2. The van der Waals surface area contributed by atoms with Crippen molar-refractivity contribution >= 4 is 17.8 Å². The summed E-state index contributed by atoms with van der Waals surface area (Å²) in [5.41, 5.74) is 0.981. The van der Waals surface area contributed by atoms with Crippen molar-refractivity contribution in [2.75, 3.05) is 18.8 Å². The van der Waals surface area contributed by atoms with Crippen LogP contribution in [0.2, 0.25) is 0 Å². The van der Waals surface area contributed by atoms with Crippen LogP contribution in [0, 0.1) is 5.82 Å². The number of unbranched alkanes of at least 4 members (excludes halogenated alkanes) is 1. The lowest BCUT2D eigenvalue weighted by Gasteiger charge is -2.24. The molecule has 2 rings (SSSR count). The van der Waals surface area contributed by atoms with E-state index < -0.39 is 0 Å². The van der Waals surface area contributed by atoms with E-state index in [1.54, 1.807) is 23.9 Å². The Balaban J connectivity index is 2.00. The number of hydrogen-bond donors (Lipinski definition) is 1. The molecule has 0 unspecified atom stereocenters. The van der Waals surface area contributed by atoms with Crippen molar-refractivity contribution in [3.63, 3.8) is 0 Å². The van der Waals surface area contributed by atoms with E-state index in [4.69, 9.17) is 0 Å². The molecular weight excluding hydrogens is 263 g/mol. The molecule has 1 aliphatic heterocycles. The van der Waals surface area contributed by atoms with Crippen molar-refractivity contribution in [1.82, 2.24) is 10.2 Å². The Morgan fingerprint density at radius 3 is 2.89 bits per heavy atom. The highest BCUT2D eigenvalue weighted by Crippen LogP contribution is 2.37. The molecule has 1 atom stereocenters. The maximum Gasteiger partial charge on any atom is 0.318 e. The van der Waals surface area contributed by atoms with Gasteiger partial charge in [-0.3, -0.25) is 0 Å². The van der Waals surface area contributed by atoms with Gasteiger partial charge in [-0.05, 0) is 24.1 Å². The van der Waals surface area contributed by atoms with E-state index in [0.29, 0.717) is 6.54 Å². The highest BCUT2D eigenvalue weighted by Gasteiger charge is 2.30. The number of nitrogens with one attached hydrogen (secondary N) is 1. The first-order valence-corrected chi connectivity index (χ1v) is 7.68. The Morgan fingerprint density at radius 2 is 2.21 bits per heavy atom. The van der Waals surface area contributed by atoms with Crippen molar-refractivity contribution in [2.45, 2.75) is 25.1 Å². The fourth-order valence-corrected chi connectivity index (χ4v) is 3.31. The maximum atomic E-state index is 12.9. The number of carbonyl (C=O) groups is 1. The van der Waals surface area contributed by atoms with Crippen molar-refractivity contribution in [3.05, 3.63) is 35.6 Å². The summed E-state index contributed by atoms with van der Waals surface area (Å²) >= 11 is 1.72. The first-order chi connectivity index (χ1) is 9.22. The molecule has 3 nitrogen and oxygen atoms in total. The van der Waals surface area contributed by atoms with Gasteiger partial charge in [0.2, 0.25) is 0 Å². The Morgan fingerprint density at radius 1 is 1.47 bits per heavy atom. The fraction of sp³-hybridized carbons (Fsp3) is 0.500. The zero-order chi connectivity index (χ0) is 13.7. The van der Waals surface area contributed by atoms with E-state index in [1.807, 2.05) is 4.90 Å². The third kappa shape index (κ3) is 3.62. The van der Waals surface area contributed by atoms with Crippen LogP contribution in [0.4, 0.5) is 9.18 Å². The molecule has 0 spiro atoms. The quantitative estimate of drug-likeness (QED) is 0.859. The molecule has 0 aromatic heterocycles. The van der Waals surface area contributed by atoms with E-state index in [1.165, 1.54) is 12.1 Å². The van der Waals surface area contributed by atoms with Gasteiger partial charge in [0.05, 0.1) is 0 Å². The number of amides is 2. The second-order valence-electron chi connectivity index (χ2n) is 4.55. The van der Waals surface area contributed by atoms with Gasteiger partial charge in [-0.25, -0.2) is 9.18 Å². The zero-order valence-electron chi connectivity index (χ0n) is 11.1. The SMILES string of the molecule is CCCCNC(=O)N1CCS[C@@H]1c1ccc(F)cc1. The molecule has 0 radical (unpaired) electrons. The summed E-state index contributed by atoms with van der Waals surface area (Å²) in [6.07, 6.45) is 2.06. The van der Waals surface area contributed by atoms with E-state index >= 15 is 0 Å². The normalized spacial score (nSPS) is 18.6. The van der Waals surface area contributed by atoms with Crippen LogP contribution < -0.4 is 5.32 Å². The topological polar surface area (TPSA) is 32.3 Å². The summed E-state index contributed by atoms with van der Waals surface area (Å²) in [4.78, 5) is 13.9. The third-order valence-electron chi connectivity index (χ3n) is 3.11. The predicted octanol–water partition coefficient (Wildman–Crippen LogP) is 3.38. The zero-order valence-corrected chi connectivity index (χ0v) is 11.9. The van der Waals surface area contributed by atoms with Gasteiger partial charge in [-0.2, -0.15) is 0 Å². The van der Waals surface area contributed by atoms with E-state index in [9.17, 15) is 9.18 Å². The lowest BCUT2D eigenvalue weighted by atomic mass is 10.2. The molecule has 0 aliphatic carbocycles. The summed E-state index contributed by atoms with van der Waals surface area (Å²) in [7, 11) is 0. The second kappa shape index (κ2) is 6.80. The van der Waals surface area contributed by atoms with Crippen LogP contribution in [0.15, 0.2) is 24.3 Å². The molecular formula is C14H19FN2OS. The molecule has 104 valence electrons. The van der Waals surface area contributed by atoms with Gasteiger partial charge in [-0.1, -0.05) is 25.5 Å². The first-order valence-electron chi connectivity index (χ1n) is 6.64. The maximum absolute atomic E-state index is 12.9. The summed E-state index contributed by atoms with van der Waals surface area (Å²) in [5.74, 6) is 0.675. The molecule has 1 fully saturated rings. The number of carbonyl (C=O) groups excluding carboxylic acids is 1. The van der Waals surface area contributed by atoms with Crippen LogP contribution in [-0.4, -0.2) is 29.8 Å². The van der Waals surface area contributed by atoms with Gasteiger partial charge in [0.15, 0.2) is 0 Å². The number of rotatable bonds is 4. The fourth-order valence-electron chi connectivity index (χ4n) is 2.06. The molecule has 1 saturated heterocycles. The lowest BCUT2D eigenvalue weighted by Crippen LogP contribution is -2.39. The molecule has 1 aromatic carbocycles. The highest BCUT2D eigenvalue weighted by atomic mass is 32.2. The van der Waals surface area contributed by atoms with Crippen LogP contribution in [0.25, 0.3) is 0 Å². The third-order valence-corrected chi connectivity index (χ3v) is 4.37. The molecule has 0 saturated carbocycles. The second-order valence-corrected chi connectivity index (χ2v) is 5.74. The molecule has 1 aliphatic rings. The highest BCUT2D eigenvalue weighted by molar-refractivity contribution is 7.99. The van der Waals surface area contributed by atoms with E-state index in [2.05, 4.69) is 12.2 Å². The average molecular weight is 282 g/mol. The number of nitrogens with zero attached hydrogens (tertiary/aromatic N) is 1. The van der Waals surface area contributed by atoms with Gasteiger partial charge in [0.1, 0.15) is 11.2 Å². The van der Waals surface area contributed by atoms with Crippen LogP contribution in [0.3, 0.4) is 0 Å². The summed E-state index contributed by atoms with van der Waals surface area (Å²) in [5, 5.41) is 2.94. The van der Waals surface area contributed by atoms with Crippen molar-refractivity contribution < 1.29 is 9.18 Å². The monoisotopic (exact) mass is 282 g/mol. The van der Waals surface area contributed by atoms with Crippen molar-refractivity contribution in [1.29, 1.82) is 0 Å². The smallest absolute Gasteiger partial charge is 0.318 e. The first kappa shape index (κ1) is 14.2. The Kier molecular flexibility index (Phi) is 5.07. The summed E-state index contributed by atoms with van der Waals surface area (Å²) < 4.78 is 12.9. The number of benzene rings is 1. The van der Waals surface area contributed by atoms with Crippen molar-refractivity contribution in [2.24, 2.45) is 0 Å². The Bertz CT molecular complexity index is 424. The van der Waals surface area contributed by atoms with E-state index in [-0.39, 0.29) is 17.2 Å². The van der Waals surface area contributed by atoms with Gasteiger partial charge in [0, 0.05) is 18.8 Å². The number of halogens is 1. The minimum atomic E-state index is -0.245. The largest absolute Gasteiger partial charge is 0.338 e. The van der Waals surface area contributed by atoms with Crippen LogP contribution in [0.5, 0.6) is 0 Å². The average Bonchev–Trinajstić information content (AvgIpc) is 2.89. The predicted molar refractivity (Wildman–Crippen MR) is 76.6 cm³/mol. The molecule has 1 N–H and O–H groups in total. The molecule has 2 amide bonds. The van der Waals surface area contributed by atoms with Gasteiger partial charge in [0.25, 0.3) is 0 Å². The Labute approximate surface area is 117 Å². The van der Waals surface area contributed by atoms with Gasteiger partial charge in [-0.15, -0.1) is 11.8 Å². The number of urea groups is 1. The van der Waals surface area contributed by atoms with Crippen molar-refractivity contribution in [3.8, 4) is 0 Å². The summed E-state index contributed by atoms with van der Waals surface area (Å²) in [6.45, 7) is 3.55. The van der Waals surface area contributed by atoms with Crippen LogP contribution in [0.1, 0.15) is 30.7 Å². The number of thioether (sulfide) groups is 1. The minimum Gasteiger partial charge on any atom is -0.338 e. The molecule has 1 heterocycles. The summed E-state index contributed by atoms with van der Waals surface area (Å²) in [6, 6.07) is 6.38. The molecule has 1 aromatic rings. The molecule has 0 bridgehead atoms. The van der Waals surface area contributed by atoms with Crippen LogP contribution in [-0.2, 0) is 0 Å². The lowest BCUT2D eigenvalue weighted by molar-refractivity contribution is 0.200. The van der Waals surface area contributed by atoms with Gasteiger partial charge < -0.3 is 10.2 Å². The van der Waals surface area contributed by atoms with E-state index in [0.717, 1.165) is 30.7 Å². The van der Waals surface area contributed by atoms with Crippen LogP contribution >= 0.6 is 11.8 Å². The molecule has 19 heavy (non-hydrogen) atoms. The molecule has 5 heteroatoms. The minimum absolute atomic E-state index is 0.00206. The van der Waals surface area contributed by atoms with Gasteiger partial charge >= 0.3 is 6.03 Å². The Hall–Kier alpha value is -1.23.